The van der Waals surface area contributed by atoms with Crippen LogP contribution in [0.3, 0.4) is 0 Å². The predicted octanol–water partition coefficient (Wildman–Crippen LogP) is 6.32. The summed E-state index contributed by atoms with van der Waals surface area (Å²) in [7, 11) is 0. The molecule has 2 aromatic carbocycles. The highest BCUT2D eigenvalue weighted by Gasteiger charge is 2.45. The number of benzene rings is 2. The first-order chi connectivity index (χ1) is 25.7. The number of hydrogen-bond donors (Lipinski definition) is 4. The summed E-state index contributed by atoms with van der Waals surface area (Å²) < 4.78 is 53.4. The van der Waals surface area contributed by atoms with Crippen LogP contribution in [0.5, 0.6) is 0 Å². The Bertz CT molecular complexity index is 1970. The van der Waals surface area contributed by atoms with Crippen LogP contribution in [0.15, 0.2) is 73.1 Å². The summed E-state index contributed by atoms with van der Waals surface area (Å²) in [6.07, 6.45) is -3.83. The highest BCUT2D eigenvalue weighted by molar-refractivity contribution is 6.11. The molecule has 4 N–H and O–H groups in total. The smallest absolute Gasteiger partial charge is 0.412 e. The molecule has 2 aliphatic heterocycles. The lowest BCUT2D eigenvalue weighted by atomic mass is 9.93. The maximum Gasteiger partial charge on any atom is 0.412 e. The van der Waals surface area contributed by atoms with E-state index in [9.17, 15) is 27.6 Å². The summed E-state index contributed by atoms with van der Waals surface area (Å²) in [6, 6.07) is 17.0. The monoisotopic (exact) mass is 748 g/mol. The minimum absolute atomic E-state index is 0.00177. The van der Waals surface area contributed by atoms with E-state index in [1.54, 1.807) is 39.0 Å². The summed E-state index contributed by atoms with van der Waals surface area (Å²) in [5.74, 6) is -2.53. The average Bonchev–Trinajstić information content (AvgIpc) is 3.13. The number of carbonyl (C=O) groups excluding carboxylic acids is 3. The number of rotatable bonds is 8. The highest BCUT2D eigenvalue weighted by atomic mass is 19.4. The van der Waals surface area contributed by atoms with E-state index in [1.807, 2.05) is 36.4 Å². The quantitative estimate of drug-likeness (QED) is 0.161. The lowest BCUT2D eigenvalue weighted by Gasteiger charge is -2.40. The number of amides is 3. The van der Waals surface area contributed by atoms with Gasteiger partial charge in [0, 0.05) is 56.5 Å². The molecule has 13 nitrogen and oxygen atoms in total. The molecule has 0 saturated carbocycles. The van der Waals surface area contributed by atoms with E-state index in [0.29, 0.717) is 10.9 Å². The lowest BCUT2D eigenvalue weighted by molar-refractivity contribution is -0.177. The second-order valence-corrected chi connectivity index (χ2v) is 14.3. The van der Waals surface area contributed by atoms with Gasteiger partial charge in [0.1, 0.15) is 12.2 Å². The molecule has 6 rings (SSSR count). The number of piperidine rings is 1. The van der Waals surface area contributed by atoms with Crippen LogP contribution in [-0.4, -0.2) is 85.1 Å². The molecule has 54 heavy (non-hydrogen) atoms. The summed E-state index contributed by atoms with van der Waals surface area (Å²) in [5, 5.41) is 12.0. The van der Waals surface area contributed by atoms with Gasteiger partial charge in [-0.2, -0.15) is 13.2 Å². The fourth-order valence-electron chi connectivity index (χ4n) is 6.47. The van der Waals surface area contributed by atoms with Gasteiger partial charge < -0.3 is 35.2 Å². The number of fused-ring (bicyclic) bond motifs is 1. The summed E-state index contributed by atoms with van der Waals surface area (Å²) >= 11 is 0. The van der Waals surface area contributed by atoms with Crippen LogP contribution in [-0.2, 0) is 16.1 Å². The van der Waals surface area contributed by atoms with Crippen molar-refractivity contribution in [1.82, 2.24) is 20.6 Å². The predicted molar refractivity (Wildman–Crippen MR) is 199 cm³/mol. The Kier molecular flexibility index (Phi) is 11.4. The second kappa shape index (κ2) is 16.2. The molecule has 16 heteroatoms. The molecular weight excluding hydrogens is 705 g/mol. The number of halogens is 3. The van der Waals surface area contributed by atoms with Crippen molar-refractivity contribution in [2.75, 3.05) is 59.7 Å². The first-order valence-corrected chi connectivity index (χ1v) is 17.7. The second-order valence-electron chi connectivity index (χ2n) is 14.3. The molecule has 4 aromatic rings. The number of anilines is 4. The lowest BCUT2D eigenvalue weighted by Crippen LogP contribution is -2.54. The molecule has 2 unspecified atom stereocenters. The van der Waals surface area contributed by atoms with Gasteiger partial charge in [-0.1, -0.05) is 36.4 Å². The Labute approximate surface area is 310 Å². The molecule has 2 aromatic heterocycles. The minimum Gasteiger partial charge on any atom is -0.444 e. The summed E-state index contributed by atoms with van der Waals surface area (Å²) in [6.45, 7) is 7.76. The van der Waals surface area contributed by atoms with Crippen LogP contribution >= 0.6 is 0 Å². The summed E-state index contributed by atoms with van der Waals surface area (Å²) in [4.78, 5) is 52.2. The third kappa shape index (κ3) is 9.86. The Hall–Kier alpha value is -5.64. The third-order valence-electron chi connectivity index (χ3n) is 8.97. The van der Waals surface area contributed by atoms with Gasteiger partial charge in [0.2, 0.25) is 0 Å². The topological polar surface area (TPSA) is 150 Å². The number of alkyl carbamates (subject to hydrolysis) is 1. The number of nitrogens with zero attached hydrogens (tertiary/aromatic N) is 4. The number of piperazine rings is 1. The number of ether oxygens (including phenoxy) is 2. The van der Waals surface area contributed by atoms with E-state index in [2.05, 4.69) is 36.1 Å². The number of aromatic nitrogens is 2. The van der Waals surface area contributed by atoms with E-state index in [-0.39, 0.29) is 42.3 Å². The van der Waals surface area contributed by atoms with Crippen molar-refractivity contribution in [2.24, 2.45) is 5.92 Å². The fourth-order valence-corrected chi connectivity index (χ4v) is 6.47. The fraction of sp³-hybridized carbons (Fsp3) is 0.395. The molecule has 4 heterocycles. The molecule has 0 bridgehead atoms. The molecule has 3 amide bonds. The van der Waals surface area contributed by atoms with Crippen LogP contribution in [0.4, 0.5) is 45.5 Å². The van der Waals surface area contributed by atoms with Crippen LogP contribution in [0.2, 0.25) is 0 Å². The Morgan fingerprint density at radius 3 is 2.39 bits per heavy atom. The van der Waals surface area contributed by atoms with Crippen LogP contribution in [0.1, 0.15) is 43.2 Å². The largest absolute Gasteiger partial charge is 0.444 e. The molecule has 2 fully saturated rings. The SMILES string of the molecule is CC(C)(C)OC(=O)NC1CC(C(F)(F)F)CN(c2ccncc2NC(=O)c2nc3cc(N4CCNCC4)ccc3cc2NC(=O)OCc2ccccc2)C1. The molecule has 286 valence electrons. The van der Waals surface area contributed by atoms with Crippen LogP contribution < -0.4 is 31.1 Å². The maximum atomic E-state index is 14.2. The van der Waals surface area contributed by atoms with Gasteiger partial charge in [0.15, 0.2) is 5.69 Å². The minimum atomic E-state index is -4.56. The number of carbonyl (C=O) groups is 3. The van der Waals surface area contributed by atoms with E-state index in [0.717, 1.165) is 37.4 Å². The zero-order valence-electron chi connectivity index (χ0n) is 30.2. The highest BCUT2D eigenvalue weighted by Crippen LogP contribution is 2.37. The van der Waals surface area contributed by atoms with Crippen molar-refractivity contribution in [3.05, 3.63) is 84.3 Å². The molecule has 2 atom stereocenters. The molecule has 2 aliphatic rings. The van der Waals surface area contributed by atoms with Gasteiger partial charge in [0.05, 0.1) is 40.7 Å². The zero-order chi connectivity index (χ0) is 38.5. The maximum absolute atomic E-state index is 14.2. The Balaban J connectivity index is 1.29. The van der Waals surface area contributed by atoms with E-state index >= 15 is 0 Å². The van der Waals surface area contributed by atoms with Gasteiger partial charge in [-0.05, 0) is 57.0 Å². The van der Waals surface area contributed by atoms with Crippen molar-refractivity contribution in [1.29, 1.82) is 0 Å². The van der Waals surface area contributed by atoms with Gasteiger partial charge >= 0.3 is 18.4 Å². The van der Waals surface area contributed by atoms with Crippen molar-refractivity contribution < 1.29 is 37.0 Å². The third-order valence-corrected chi connectivity index (χ3v) is 8.97. The standard InChI is InChI=1S/C38H43F3N8O5/c1-37(2,3)54-36(52)44-27-18-26(38(39,40)41)21-49(22-27)32-11-12-43-20-31(32)46-34(50)33-30(47-35(51)53-23-24-7-5-4-6-8-24)17-25-9-10-28(19-29(25)45-33)48-15-13-42-14-16-48/h4-12,17,19-20,26-27,42H,13-16,18,21-23H2,1-3H3,(H,44,52)(H,46,50)(H,47,51). The molecule has 2 saturated heterocycles. The van der Waals surface area contributed by atoms with Gasteiger partial charge in [-0.3, -0.25) is 15.1 Å². The van der Waals surface area contributed by atoms with Crippen molar-refractivity contribution in [2.45, 2.75) is 51.6 Å². The van der Waals surface area contributed by atoms with E-state index in [4.69, 9.17) is 9.47 Å². The van der Waals surface area contributed by atoms with E-state index in [1.165, 1.54) is 23.4 Å². The summed E-state index contributed by atoms with van der Waals surface area (Å²) in [5.41, 5.74) is 1.60. The van der Waals surface area contributed by atoms with Crippen molar-refractivity contribution in [3.8, 4) is 0 Å². The average molecular weight is 749 g/mol. The van der Waals surface area contributed by atoms with Crippen LogP contribution in [0.25, 0.3) is 10.9 Å². The Morgan fingerprint density at radius 1 is 0.907 bits per heavy atom. The first-order valence-electron chi connectivity index (χ1n) is 17.7. The van der Waals surface area contributed by atoms with Gasteiger partial charge in [0.25, 0.3) is 5.91 Å². The number of hydrogen-bond acceptors (Lipinski definition) is 10. The molecule has 0 spiro atoms. The van der Waals surface area contributed by atoms with Crippen molar-refractivity contribution in [3.63, 3.8) is 0 Å². The van der Waals surface area contributed by atoms with E-state index < -0.39 is 48.4 Å². The number of alkyl halides is 3. The normalized spacial score (nSPS) is 17.8. The Morgan fingerprint density at radius 2 is 1.67 bits per heavy atom. The molecule has 0 radical (unpaired) electrons. The van der Waals surface area contributed by atoms with Crippen LogP contribution in [0, 0.1) is 5.92 Å². The number of pyridine rings is 2. The van der Waals surface area contributed by atoms with Gasteiger partial charge in [-0.15, -0.1) is 0 Å². The first kappa shape index (κ1) is 38.1. The van der Waals surface area contributed by atoms with Crippen molar-refractivity contribution >= 4 is 51.7 Å². The zero-order valence-corrected chi connectivity index (χ0v) is 30.2. The van der Waals surface area contributed by atoms with Gasteiger partial charge in [-0.25, -0.2) is 14.6 Å². The number of nitrogens with one attached hydrogen (secondary N) is 4. The molecular formula is C38H43F3N8O5. The molecule has 0 aliphatic carbocycles.